The molecule has 2 amide bonds. The molecule has 3 rings (SSSR count). The third-order valence-corrected chi connectivity index (χ3v) is 6.94. The lowest BCUT2D eigenvalue weighted by molar-refractivity contribution is -0.145. The molecule has 13 heteroatoms. The Hall–Kier alpha value is -2.77. The molecule has 1 aliphatic rings. The molecule has 1 saturated heterocycles. The van der Waals surface area contributed by atoms with Crippen LogP contribution in [0.2, 0.25) is 0 Å². The molecule has 1 aliphatic heterocycles. The Morgan fingerprint density at radius 1 is 1.13 bits per heavy atom. The van der Waals surface area contributed by atoms with Gasteiger partial charge in [-0.25, -0.2) is 4.39 Å². The molecule has 0 radical (unpaired) electrons. The summed E-state index contributed by atoms with van der Waals surface area (Å²) in [4.78, 5) is 49.8. The van der Waals surface area contributed by atoms with Gasteiger partial charge in [0.2, 0.25) is 5.91 Å². The fourth-order valence-corrected chi connectivity index (χ4v) is 4.79. The van der Waals surface area contributed by atoms with Crippen molar-refractivity contribution in [3.8, 4) is 0 Å². The van der Waals surface area contributed by atoms with E-state index in [4.69, 9.17) is 14.4 Å². The number of benzene rings is 2. The molecule has 0 saturated carbocycles. The molecule has 2 aromatic rings. The summed E-state index contributed by atoms with van der Waals surface area (Å²) >= 11 is 6.25. The summed E-state index contributed by atoms with van der Waals surface area (Å²) < 4.78 is 25.3. The minimum absolute atomic E-state index is 0.00830. The second-order valence-electron chi connectivity index (χ2n) is 9.24. The molecule has 0 aromatic heterocycles. The molecule has 38 heavy (non-hydrogen) atoms. The molecular weight excluding hydrogens is 630 g/mol. The molecule has 3 N–H and O–H groups in total. The number of rotatable bonds is 11. The predicted molar refractivity (Wildman–Crippen MR) is 144 cm³/mol. The summed E-state index contributed by atoms with van der Waals surface area (Å²) in [5.41, 5.74) is 0.754. The van der Waals surface area contributed by atoms with Crippen LogP contribution in [0.5, 0.6) is 0 Å². The number of hydrogen-bond acceptors (Lipinski definition) is 6. The third kappa shape index (κ3) is 8.11. The molecule has 1 heterocycles. The molecule has 0 spiro atoms. The molecule has 202 valence electrons. The van der Waals surface area contributed by atoms with E-state index in [1.807, 2.05) is 19.9 Å². The summed E-state index contributed by atoms with van der Waals surface area (Å²) in [6, 6.07) is 10.5. The van der Waals surface area contributed by atoms with Gasteiger partial charge in [0.1, 0.15) is 11.9 Å². The molecule has 0 bridgehead atoms. The number of aliphatic carboxylic acids is 1. The van der Waals surface area contributed by atoms with Crippen molar-refractivity contribution in [1.29, 1.82) is 0 Å². The second-order valence-corrected chi connectivity index (χ2v) is 10.9. The predicted octanol–water partition coefficient (Wildman–Crippen LogP) is 3.67. The maximum Gasteiger partial charge on any atom is 0.552 e. The van der Waals surface area contributed by atoms with Gasteiger partial charge in [-0.3, -0.25) is 19.2 Å². The van der Waals surface area contributed by atoms with Crippen molar-refractivity contribution >= 4 is 62.7 Å². The van der Waals surface area contributed by atoms with E-state index in [1.54, 1.807) is 24.3 Å². The number of amides is 2. The zero-order valence-corrected chi connectivity index (χ0v) is 23.8. The van der Waals surface area contributed by atoms with Crippen LogP contribution < -0.4 is 10.6 Å². The molecular formula is C25H26BBr2FN2O7. The van der Waals surface area contributed by atoms with Crippen molar-refractivity contribution in [1.82, 2.24) is 10.6 Å². The first-order chi connectivity index (χ1) is 17.9. The Bertz CT molecular complexity index is 1200. The van der Waals surface area contributed by atoms with E-state index in [0.29, 0.717) is 10.9 Å². The Labute approximate surface area is 236 Å². The smallest absolute Gasteiger partial charge is 0.506 e. The van der Waals surface area contributed by atoms with Gasteiger partial charge < -0.3 is 25.0 Å². The Kier molecular flexibility index (Phi) is 10.5. The van der Waals surface area contributed by atoms with Gasteiger partial charge in [0.05, 0.1) is 22.4 Å². The fraction of sp³-hybridized carbons (Fsp3) is 0.360. The van der Waals surface area contributed by atoms with Gasteiger partial charge in [0, 0.05) is 10.9 Å². The van der Waals surface area contributed by atoms with Gasteiger partial charge in [-0.05, 0) is 46.0 Å². The number of nitrogens with one attached hydrogen (secondary N) is 2. The lowest BCUT2D eigenvalue weighted by Gasteiger charge is -2.25. The topological polar surface area (TPSA) is 131 Å². The van der Waals surface area contributed by atoms with E-state index in [0.717, 1.165) is 5.56 Å². The molecule has 1 fully saturated rings. The molecule has 0 aliphatic carbocycles. The van der Waals surface area contributed by atoms with Crippen molar-refractivity contribution in [2.45, 2.75) is 51.2 Å². The summed E-state index contributed by atoms with van der Waals surface area (Å²) in [6.45, 7) is 3.79. The van der Waals surface area contributed by atoms with Gasteiger partial charge in [0.25, 0.3) is 5.91 Å². The molecule has 3 atom stereocenters. The van der Waals surface area contributed by atoms with Crippen molar-refractivity contribution in [2.75, 3.05) is 0 Å². The van der Waals surface area contributed by atoms with Crippen LogP contribution in [0.25, 0.3) is 0 Å². The number of carbonyl (C=O) groups is 4. The number of carboxylic acids is 1. The lowest BCUT2D eigenvalue weighted by Crippen LogP contribution is -2.55. The van der Waals surface area contributed by atoms with Crippen molar-refractivity contribution < 1.29 is 38.0 Å². The van der Waals surface area contributed by atoms with Crippen LogP contribution >= 0.6 is 31.9 Å². The number of hydrogen-bond donors (Lipinski definition) is 3. The first-order valence-electron chi connectivity index (χ1n) is 11.8. The fourth-order valence-electron chi connectivity index (χ4n) is 3.95. The number of carbonyl (C=O) groups excluding carboxylic acids is 3. The molecule has 2 aromatic carbocycles. The van der Waals surface area contributed by atoms with E-state index in [1.165, 1.54) is 12.1 Å². The van der Waals surface area contributed by atoms with E-state index < -0.39 is 61.2 Å². The van der Waals surface area contributed by atoms with Crippen LogP contribution in [0.4, 0.5) is 4.39 Å². The third-order valence-electron chi connectivity index (χ3n) is 5.68. The van der Waals surface area contributed by atoms with Crippen LogP contribution in [0.3, 0.4) is 0 Å². The normalized spacial score (nSPS) is 16.6. The van der Waals surface area contributed by atoms with E-state index >= 15 is 0 Å². The maximum atomic E-state index is 14.2. The maximum absolute atomic E-state index is 14.2. The van der Waals surface area contributed by atoms with Crippen molar-refractivity contribution in [3.05, 3.63) is 68.4 Å². The first-order valence-corrected chi connectivity index (χ1v) is 13.4. The summed E-state index contributed by atoms with van der Waals surface area (Å²) in [6.07, 6.45) is -1.39. The van der Waals surface area contributed by atoms with Crippen LogP contribution in [0, 0.1) is 11.7 Å². The second kappa shape index (κ2) is 13.3. The average Bonchev–Trinajstić information content (AvgIpc) is 3.20. The quantitative estimate of drug-likeness (QED) is 0.249. The van der Waals surface area contributed by atoms with Gasteiger partial charge in [0.15, 0.2) is 6.10 Å². The first kappa shape index (κ1) is 29.8. The highest BCUT2D eigenvalue weighted by atomic mass is 79.9. The van der Waals surface area contributed by atoms with E-state index in [9.17, 15) is 23.6 Å². The Morgan fingerprint density at radius 2 is 1.82 bits per heavy atom. The standard InChI is InChI=1S/C25H26BBr2FN2O7/c1-13(2)8-20(26-37-19(12-21(32)33)25(36)38-26)31-24(35)18(9-14-6-4-3-5-7-14)30-23(34)16-10-15(27)11-17(29)22(16)28/h3-7,10-11,13,18-20H,8-9,12H2,1-2H3,(H,30,34)(H,31,35)(H,32,33)/t18?,19?,20-/m0/s1. The molecule has 2 unspecified atom stereocenters. The SMILES string of the molecule is CC(C)C[C@H](NC(=O)C(Cc1ccccc1)NC(=O)c1cc(Br)cc(F)c1Br)B1OC(=O)C(CC(=O)O)O1. The van der Waals surface area contributed by atoms with E-state index in [-0.39, 0.29) is 22.4 Å². The monoisotopic (exact) mass is 654 g/mol. The summed E-state index contributed by atoms with van der Waals surface area (Å²) in [5.74, 6) is -4.73. The van der Waals surface area contributed by atoms with Crippen LogP contribution in [0.15, 0.2) is 51.4 Å². The van der Waals surface area contributed by atoms with E-state index in [2.05, 4.69) is 42.5 Å². The molecule has 9 nitrogen and oxygen atoms in total. The lowest BCUT2D eigenvalue weighted by atomic mass is 9.74. The van der Waals surface area contributed by atoms with Crippen LogP contribution in [0.1, 0.15) is 42.6 Å². The minimum Gasteiger partial charge on any atom is -0.506 e. The minimum atomic E-state index is -1.28. The van der Waals surface area contributed by atoms with Gasteiger partial charge in [-0.15, -0.1) is 0 Å². The largest absolute Gasteiger partial charge is 0.552 e. The highest BCUT2D eigenvalue weighted by molar-refractivity contribution is 9.11. The highest BCUT2D eigenvalue weighted by Gasteiger charge is 2.47. The Balaban J connectivity index is 1.84. The zero-order valence-electron chi connectivity index (χ0n) is 20.6. The summed E-state index contributed by atoms with van der Waals surface area (Å²) in [7, 11) is -1.19. The number of carboxylic acid groups (broad SMARTS) is 1. The van der Waals surface area contributed by atoms with Crippen LogP contribution in [-0.4, -0.2) is 54.1 Å². The van der Waals surface area contributed by atoms with Gasteiger partial charge >= 0.3 is 19.1 Å². The van der Waals surface area contributed by atoms with Crippen molar-refractivity contribution in [3.63, 3.8) is 0 Å². The Morgan fingerprint density at radius 3 is 2.45 bits per heavy atom. The average molecular weight is 656 g/mol. The summed E-state index contributed by atoms with van der Waals surface area (Å²) in [5, 5.41) is 14.5. The highest BCUT2D eigenvalue weighted by Crippen LogP contribution is 2.26. The zero-order chi connectivity index (χ0) is 28.0. The van der Waals surface area contributed by atoms with Gasteiger partial charge in [-0.1, -0.05) is 60.1 Å². The van der Waals surface area contributed by atoms with Crippen LogP contribution in [-0.2, 0) is 30.1 Å². The number of halogens is 3. The van der Waals surface area contributed by atoms with Crippen molar-refractivity contribution in [2.24, 2.45) is 5.92 Å². The van der Waals surface area contributed by atoms with Gasteiger partial charge in [-0.2, -0.15) is 0 Å².